The molecule has 0 amide bonds. The summed E-state index contributed by atoms with van der Waals surface area (Å²) in [6.07, 6.45) is -0.174. The molecule has 1 aliphatic heterocycles. The maximum atomic E-state index is 5.34. The second-order valence-electron chi connectivity index (χ2n) is 2.82. The summed E-state index contributed by atoms with van der Waals surface area (Å²) in [5, 5.41) is 0. The molecule has 2 heteroatoms. The highest BCUT2D eigenvalue weighted by molar-refractivity contribution is 5.26. The van der Waals surface area contributed by atoms with Gasteiger partial charge in [0.15, 0.2) is 6.29 Å². The van der Waals surface area contributed by atoms with Gasteiger partial charge in [-0.3, -0.25) is 0 Å². The zero-order valence-electron chi connectivity index (χ0n) is 6.82. The third-order valence-corrected chi connectivity index (χ3v) is 1.84. The Morgan fingerprint density at radius 3 is 2.67 bits per heavy atom. The molecule has 0 aromatic heterocycles. The van der Waals surface area contributed by atoms with Crippen molar-refractivity contribution in [2.75, 3.05) is 13.2 Å². The van der Waals surface area contributed by atoms with Crippen LogP contribution in [0.4, 0.5) is 0 Å². The molecule has 0 unspecified atom stereocenters. The Hall–Kier alpha value is -0.860. The number of ether oxygens (including phenoxy) is 2. The van der Waals surface area contributed by atoms with Gasteiger partial charge in [-0.05, 0) is 12.5 Å². The number of rotatable bonds is 1. The van der Waals surface area contributed by atoms with Gasteiger partial charge < -0.3 is 9.47 Å². The minimum absolute atomic E-state index is 0.174. The van der Waals surface area contributed by atoms with E-state index >= 15 is 0 Å². The van der Waals surface area contributed by atoms with Gasteiger partial charge in [0.05, 0.1) is 13.2 Å². The van der Waals surface area contributed by atoms with Gasteiger partial charge in [0.2, 0.25) is 0 Å². The van der Waals surface area contributed by atoms with Gasteiger partial charge in [0.1, 0.15) is 0 Å². The van der Waals surface area contributed by atoms with Crippen LogP contribution < -0.4 is 0 Å². The predicted octanol–water partition coefficient (Wildman–Crippen LogP) is 1.91. The topological polar surface area (TPSA) is 18.5 Å². The molecule has 2 nitrogen and oxygen atoms in total. The maximum Gasteiger partial charge on any atom is 0.184 e. The van der Waals surface area contributed by atoms with Crippen LogP contribution in [0.25, 0.3) is 0 Å². The standard InChI is InChI=1S/C10H11O2/c1-8-3-2-4-9(7-8)10-11-5-6-12-10/h2-4,7,10H,1,5-6H2. The van der Waals surface area contributed by atoms with Crippen molar-refractivity contribution in [1.29, 1.82) is 0 Å². The molecule has 1 aromatic carbocycles. The largest absolute Gasteiger partial charge is 0.346 e. The Balaban J connectivity index is 2.21. The quantitative estimate of drug-likeness (QED) is 0.629. The molecule has 0 spiro atoms. The Morgan fingerprint density at radius 1 is 1.25 bits per heavy atom. The molecule has 1 heterocycles. The second kappa shape index (κ2) is 3.25. The molecule has 0 saturated carbocycles. The van der Waals surface area contributed by atoms with Crippen molar-refractivity contribution >= 4 is 0 Å². The van der Waals surface area contributed by atoms with E-state index in [1.165, 1.54) is 0 Å². The number of hydrogen-bond donors (Lipinski definition) is 0. The van der Waals surface area contributed by atoms with Gasteiger partial charge in [0, 0.05) is 5.56 Å². The molecule has 1 saturated heterocycles. The summed E-state index contributed by atoms with van der Waals surface area (Å²) in [4.78, 5) is 0. The molecule has 12 heavy (non-hydrogen) atoms. The van der Waals surface area contributed by atoms with Crippen LogP contribution in [0, 0.1) is 6.92 Å². The van der Waals surface area contributed by atoms with E-state index in [1.54, 1.807) is 0 Å². The van der Waals surface area contributed by atoms with Crippen molar-refractivity contribution < 1.29 is 9.47 Å². The smallest absolute Gasteiger partial charge is 0.184 e. The van der Waals surface area contributed by atoms with E-state index < -0.39 is 0 Å². The molecule has 0 atom stereocenters. The summed E-state index contributed by atoms with van der Waals surface area (Å²) in [5.74, 6) is 0. The van der Waals surface area contributed by atoms with Crippen LogP contribution in [0.2, 0.25) is 0 Å². The van der Waals surface area contributed by atoms with Crippen molar-refractivity contribution in [3.05, 3.63) is 42.3 Å². The van der Waals surface area contributed by atoms with Gasteiger partial charge >= 0.3 is 0 Å². The summed E-state index contributed by atoms with van der Waals surface area (Å²) < 4.78 is 10.7. The van der Waals surface area contributed by atoms with E-state index in [0.717, 1.165) is 11.1 Å². The van der Waals surface area contributed by atoms with Crippen molar-refractivity contribution in [3.8, 4) is 0 Å². The Bertz CT molecular complexity index is 264. The van der Waals surface area contributed by atoms with Crippen LogP contribution in [0.5, 0.6) is 0 Å². The average Bonchev–Trinajstić information content (AvgIpc) is 2.56. The molecule has 1 aliphatic rings. The molecule has 1 aromatic rings. The predicted molar refractivity (Wildman–Crippen MR) is 45.5 cm³/mol. The van der Waals surface area contributed by atoms with E-state index in [2.05, 4.69) is 6.92 Å². The summed E-state index contributed by atoms with van der Waals surface area (Å²) in [7, 11) is 0. The van der Waals surface area contributed by atoms with Crippen LogP contribution in [0.3, 0.4) is 0 Å². The van der Waals surface area contributed by atoms with E-state index in [-0.39, 0.29) is 6.29 Å². The van der Waals surface area contributed by atoms with Crippen LogP contribution >= 0.6 is 0 Å². The molecule has 0 aliphatic carbocycles. The van der Waals surface area contributed by atoms with E-state index in [1.807, 2.05) is 24.3 Å². The Kier molecular flexibility index (Phi) is 2.11. The highest BCUT2D eigenvalue weighted by Gasteiger charge is 2.17. The average molecular weight is 163 g/mol. The van der Waals surface area contributed by atoms with E-state index in [0.29, 0.717) is 13.2 Å². The molecule has 0 N–H and O–H groups in total. The third kappa shape index (κ3) is 1.49. The van der Waals surface area contributed by atoms with Gasteiger partial charge in [0.25, 0.3) is 0 Å². The summed E-state index contributed by atoms with van der Waals surface area (Å²) in [5.41, 5.74) is 2.05. The third-order valence-electron chi connectivity index (χ3n) is 1.84. The van der Waals surface area contributed by atoms with Gasteiger partial charge in [-0.2, -0.15) is 0 Å². The lowest BCUT2D eigenvalue weighted by Gasteiger charge is -2.08. The molecule has 1 fully saturated rings. The lowest BCUT2D eigenvalue weighted by molar-refractivity contribution is -0.0441. The lowest BCUT2D eigenvalue weighted by atomic mass is 10.1. The van der Waals surface area contributed by atoms with Gasteiger partial charge in [-0.15, -0.1) is 0 Å². The van der Waals surface area contributed by atoms with E-state index in [4.69, 9.17) is 9.47 Å². The molecule has 0 bridgehead atoms. The first-order valence-electron chi connectivity index (χ1n) is 4.01. The highest BCUT2D eigenvalue weighted by atomic mass is 16.7. The van der Waals surface area contributed by atoms with Crippen LogP contribution in [-0.4, -0.2) is 13.2 Å². The van der Waals surface area contributed by atoms with E-state index in [9.17, 15) is 0 Å². The first kappa shape index (κ1) is 7.77. The fraction of sp³-hybridized carbons (Fsp3) is 0.300. The minimum atomic E-state index is -0.174. The van der Waals surface area contributed by atoms with Gasteiger partial charge in [-0.25, -0.2) is 0 Å². The number of hydrogen-bond acceptors (Lipinski definition) is 2. The first-order chi connectivity index (χ1) is 5.86. The normalized spacial score (nSPS) is 18.4. The fourth-order valence-electron chi connectivity index (χ4n) is 1.29. The molecular formula is C10H11O2. The zero-order chi connectivity index (χ0) is 8.39. The molecular weight excluding hydrogens is 152 g/mol. The van der Waals surface area contributed by atoms with Crippen molar-refractivity contribution in [2.24, 2.45) is 0 Å². The number of benzene rings is 1. The Morgan fingerprint density at radius 2 is 2.00 bits per heavy atom. The fourth-order valence-corrected chi connectivity index (χ4v) is 1.29. The molecule has 2 rings (SSSR count). The SMILES string of the molecule is [CH2]c1cccc(C2OCCO2)c1. The van der Waals surface area contributed by atoms with Crippen molar-refractivity contribution in [3.63, 3.8) is 0 Å². The summed E-state index contributed by atoms with van der Waals surface area (Å²) in [6.45, 7) is 5.21. The monoisotopic (exact) mass is 163 g/mol. The summed E-state index contributed by atoms with van der Waals surface area (Å²) >= 11 is 0. The minimum Gasteiger partial charge on any atom is -0.346 e. The first-order valence-corrected chi connectivity index (χ1v) is 4.01. The van der Waals surface area contributed by atoms with Crippen LogP contribution in [0.1, 0.15) is 17.4 Å². The van der Waals surface area contributed by atoms with Crippen LogP contribution in [-0.2, 0) is 9.47 Å². The summed E-state index contributed by atoms with van der Waals surface area (Å²) in [6, 6.07) is 7.89. The Labute approximate surface area is 72.1 Å². The van der Waals surface area contributed by atoms with Gasteiger partial charge in [-0.1, -0.05) is 24.3 Å². The maximum absolute atomic E-state index is 5.34. The van der Waals surface area contributed by atoms with Crippen LogP contribution in [0.15, 0.2) is 24.3 Å². The lowest BCUT2D eigenvalue weighted by Crippen LogP contribution is -1.97. The second-order valence-corrected chi connectivity index (χ2v) is 2.82. The molecule has 1 radical (unpaired) electrons. The zero-order valence-corrected chi connectivity index (χ0v) is 6.82. The van der Waals surface area contributed by atoms with Crippen molar-refractivity contribution in [1.82, 2.24) is 0 Å². The highest BCUT2D eigenvalue weighted by Crippen LogP contribution is 2.23. The molecule has 63 valence electrons. The van der Waals surface area contributed by atoms with Crippen molar-refractivity contribution in [2.45, 2.75) is 6.29 Å².